The largest absolute Gasteiger partial charge is 0.481 e. The van der Waals surface area contributed by atoms with Crippen molar-refractivity contribution >= 4 is 88.8 Å². The summed E-state index contributed by atoms with van der Waals surface area (Å²) in [4.78, 5) is 189. The van der Waals surface area contributed by atoms with Crippen LogP contribution in [0.1, 0.15) is 86.1 Å². The van der Waals surface area contributed by atoms with E-state index in [4.69, 9.17) is 21.7 Å². The Morgan fingerprint density at radius 2 is 0.874 bits per heavy atom. The Kier molecular flexibility index (Phi) is 41.8. The minimum atomic E-state index is -2.03. The Hall–Kier alpha value is -9.37. The summed E-state index contributed by atoms with van der Waals surface area (Å²) in [6.45, 7) is 2.84. The first-order chi connectivity index (χ1) is 48.2. The summed E-state index contributed by atoms with van der Waals surface area (Å²) in [6.07, 6.45) is -13.2. The van der Waals surface area contributed by atoms with E-state index < -0.39 is 257 Å². The summed E-state index contributed by atoms with van der Waals surface area (Å²) >= 11 is 0. The number of aliphatic hydroxyl groups excluding tert-OH is 10. The molecule has 17 atom stereocenters. The fourth-order valence-electron chi connectivity index (χ4n) is 9.31. The molecule has 0 aromatic heterocycles. The van der Waals surface area contributed by atoms with Crippen molar-refractivity contribution in [2.75, 3.05) is 52.6 Å². The molecular formula is C61H102N16O26. The maximum atomic E-state index is 14.2. The fourth-order valence-corrected chi connectivity index (χ4v) is 9.31. The zero-order valence-electron chi connectivity index (χ0n) is 57.9. The summed E-state index contributed by atoms with van der Waals surface area (Å²) in [5.74, 6) is -17.8. The van der Waals surface area contributed by atoms with E-state index in [9.17, 15) is 118 Å². The third-order valence-electron chi connectivity index (χ3n) is 15.1. The van der Waals surface area contributed by atoms with Gasteiger partial charge in [-0.05, 0) is 63.9 Å². The number of amides is 12. The molecule has 103 heavy (non-hydrogen) atoms. The van der Waals surface area contributed by atoms with Gasteiger partial charge in [-0.15, -0.1) is 0 Å². The lowest BCUT2D eigenvalue weighted by molar-refractivity contribution is -0.139. The first-order valence-corrected chi connectivity index (χ1v) is 32.6. The van der Waals surface area contributed by atoms with Crippen LogP contribution in [0.4, 0.5) is 0 Å². The second kappa shape index (κ2) is 47.0. The minimum Gasteiger partial charge on any atom is -0.481 e. The molecule has 0 aliphatic rings. The Morgan fingerprint density at radius 1 is 0.437 bits per heavy atom. The van der Waals surface area contributed by atoms with Gasteiger partial charge in [0.05, 0.1) is 57.3 Å². The second-order valence-electron chi connectivity index (χ2n) is 24.7. The molecule has 0 aliphatic heterocycles. The van der Waals surface area contributed by atoms with E-state index in [2.05, 4.69) is 68.8 Å². The molecule has 0 unspecified atom stereocenters. The molecule has 29 N–H and O–H groups in total. The molecule has 0 saturated heterocycles. The molecule has 0 radical (unpaired) electrons. The molecule has 0 bridgehead atoms. The van der Waals surface area contributed by atoms with Gasteiger partial charge in [0.25, 0.3) is 0 Å². The molecule has 0 fully saturated rings. The number of hydrogen-bond donors (Lipinski definition) is 27. The van der Waals surface area contributed by atoms with Crippen LogP contribution in [0.25, 0.3) is 0 Å². The standard InChI is InChI=1S/C61H102N16O26/c1-27(2)18-35(71-60(103)47(31(7)83)77-54(97)36(19-32-12-9-8-10-13-32)70-56(99)39(25-80)73-51(94)33(14-11-17-64-61(62)63)65-20-40(84)48(91)49(92)41(85)26-81)53(96)68-29(5)50(93)72-37(23-78)57(100)74-38(24-79)55(98)69-34(15-16-43(87)88)52(95)76-46(30(6)82)59(102)66-21-42(86)75-45(28(3)4)58(101)67-22-44(89)90/h8-10,12-13,27-31,33-41,45-49,65,78-85,91-92H,11,14-26H2,1-7H3,(H,66,102)(H,67,101)(H,68,96)(H,69,98)(H,70,99)(H,71,103)(H,72,93)(H,73,94)(H,74,100)(H,75,86)(H,76,95)(H,77,97)(H,87,88)(H,89,90)(H4,62,63,64)/t29-,30+,31+,33-,34-,35-,36-,37-,38-,39-,40+,41-,45-,46-,47-,48+,49+/m0/s1. The van der Waals surface area contributed by atoms with E-state index in [1.54, 1.807) is 44.2 Å². The van der Waals surface area contributed by atoms with Crippen LogP contribution in [-0.4, -0.2) is 306 Å². The highest BCUT2D eigenvalue weighted by atomic mass is 16.4. The van der Waals surface area contributed by atoms with Crippen molar-refractivity contribution < 1.29 is 128 Å². The van der Waals surface area contributed by atoms with Crippen LogP contribution in [0.2, 0.25) is 0 Å². The highest BCUT2D eigenvalue weighted by Crippen LogP contribution is 2.12. The first-order valence-electron chi connectivity index (χ1n) is 32.6. The molecule has 42 nitrogen and oxygen atoms in total. The van der Waals surface area contributed by atoms with Crippen LogP contribution < -0.4 is 80.6 Å². The van der Waals surface area contributed by atoms with Crippen molar-refractivity contribution in [3.8, 4) is 0 Å². The van der Waals surface area contributed by atoms with Crippen molar-refractivity contribution in [3.63, 3.8) is 0 Å². The van der Waals surface area contributed by atoms with Crippen LogP contribution in [0.15, 0.2) is 35.3 Å². The first kappa shape index (κ1) is 91.6. The highest BCUT2D eigenvalue weighted by molar-refractivity contribution is 5.99. The molecule has 0 saturated carbocycles. The number of aliphatic imine (C=N–C) groups is 1. The topological polar surface area (TPSA) is 703 Å². The molecule has 0 heterocycles. The summed E-state index contributed by atoms with van der Waals surface area (Å²) < 4.78 is 0. The van der Waals surface area contributed by atoms with Gasteiger partial charge >= 0.3 is 11.9 Å². The van der Waals surface area contributed by atoms with E-state index in [-0.39, 0.29) is 38.2 Å². The molecule has 0 aliphatic carbocycles. The predicted molar refractivity (Wildman–Crippen MR) is 357 cm³/mol. The molecule has 1 aromatic rings. The van der Waals surface area contributed by atoms with Crippen LogP contribution >= 0.6 is 0 Å². The average molecular weight is 1480 g/mol. The third kappa shape index (κ3) is 34.0. The van der Waals surface area contributed by atoms with E-state index in [1.807, 2.05) is 5.32 Å². The molecule has 12 amide bonds. The Morgan fingerprint density at radius 3 is 1.35 bits per heavy atom. The van der Waals surface area contributed by atoms with Crippen LogP contribution in [0, 0.1) is 11.8 Å². The lowest BCUT2D eigenvalue weighted by Gasteiger charge is -2.29. The van der Waals surface area contributed by atoms with Gasteiger partial charge in [0.15, 0.2) is 5.96 Å². The van der Waals surface area contributed by atoms with Gasteiger partial charge in [0.2, 0.25) is 70.9 Å². The van der Waals surface area contributed by atoms with Crippen molar-refractivity contribution in [1.82, 2.24) is 69.1 Å². The number of carboxylic acids is 2. The number of aliphatic carboxylic acids is 2. The zero-order chi connectivity index (χ0) is 78.5. The quantitative estimate of drug-likeness (QED) is 0.0164. The van der Waals surface area contributed by atoms with Crippen molar-refractivity contribution in [1.29, 1.82) is 0 Å². The highest BCUT2D eigenvalue weighted by Gasteiger charge is 2.38. The van der Waals surface area contributed by atoms with Crippen LogP contribution in [-0.2, 0) is 73.5 Å². The number of carbonyl (C=O) groups excluding carboxylic acids is 12. The average Bonchev–Trinajstić information content (AvgIpc) is 0.855. The molecule has 1 aromatic carbocycles. The van der Waals surface area contributed by atoms with Gasteiger partial charge in [0, 0.05) is 25.9 Å². The number of carboxylic acid groups (broad SMARTS) is 2. The lowest BCUT2D eigenvalue weighted by atomic mass is 10.0. The normalized spacial score (nSPS) is 16.2. The Balaban J connectivity index is 3.32. The summed E-state index contributed by atoms with van der Waals surface area (Å²) in [7, 11) is 0. The Labute approximate surface area is 591 Å². The van der Waals surface area contributed by atoms with Crippen molar-refractivity contribution in [2.45, 2.75) is 190 Å². The predicted octanol–water partition coefficient (Wildman–Crippen LogP) is -12.8. The smallest absolute Gasteiger partial charge is 0.322 e. The van der Waals surface area contributed by atoms with Gasteiger partial charge in [-0.2, -0.15) is 0 Å². The molecule has 582 valence electrons. The van der Waals surface area contributed by atoms with Crippen LogP contribution in [0.3, 0.4) is 0 Å². The maximum Gasteiger partial charge on any atom is 0.322 e. The summed E-state index contributed by atoms with van der Waals surface area (Å²) in [6, 6.07) is -10.9. The molecule has 1 rings (SSSR count). The maximum absolute atomic E-state index is 14.2. The third-order valence-corrected chi connectivity index (χ3v) is 15.1. The van der Waals surface area contributed by atoms with E-state index in [0.29, 0.717) is 5.56 Å². The van der Waals surface area contributed by atoms with E-state index in [1.165, 1.54) is 13.8 Å². The Bertz CT molecular complexity index is 3000. The van der Waals surface area contributed by atoms with Gasteiger partial charge in [-0.1, -0.05) is 58.0 Å². The lowest BCUT2D eigenvalue weighted by Crippen LogP contribution is -2.62. The fraction of sp³-hybridized carbons (Fsp3) is 0.656. The number of rotatable bonds is 49. The number of guanidine groups is 1. The van der Waals surface area contributed by atoms with Gasteiger partial charge < -0.3 is 142 Å². The van der Waals surface area contributed by atoms with Gasteiger partial charge in [0.1, 0.15) is 85.3 Å². The number of nitrogens with two attached hydrogens (primary N) is 2. The monoisotopic (exact) mass is 1470 g/mol. The minimum absolute atomic E-state index is 0.0124. The number of carbonyl (C=O) groups is 14. The van der Waals surface area contributed by atoms with Crippen molar-refractivity contribution in [2.24, 2.45) is 28.3 Å². The molecule has 0 spiro atoms. The summed E-state index contributed by atoms with van der Waals surface area (Å²) in [5.41, 5.74) is 11.2. The zero-order valence-corrected chi connectivity index (χ0v) is 57.9. The number of benzene rings is 1. The molecular weight excluding hydrogens is 1370 g/mol. The molecule has 42 heteroatoms. The van der Waals surface area contributed by atoms with E-state index >= 15 is 0 Å². The second-order valence-corrected chi connectivity index (χ2v) is 24.7. The number of aliphatic hydroxyl groups is 10. The van der Waals surface area contributed by atoms with Crippen LogP contribution in [0.5, 0.6) is 0 Å². The van der Waals surface area contributed by atoms with Gasteiger partial charge in [-0.3, -0.25) is 72.1 Å². The van der Waals surface area contributed by atoms with E-state index in [0.717, 1.165) is 20.8 Å². The summed E-state index contributed by atoms with van der Waals surface area (Å²) in [5, 5.41) is 150. The SMILES string of the molecule is CC(C)C[C@H](NC(=O)[C@@H](NC(=O)[C@H](Cc1ccccc1)NC(=O)[C@H](CO)NC(=O)[C@H](CCCN=C(N)N)NC[C@@H](O)[C@@H](O)[C@H](O)[C@@H](O)CO)[C@@H](C)O)C(=O)N[C@@H](C)C(=O)N[C@@H](CO)C(=O)N[C@@H](CO)C(=O)N[C@@H](CCC(=O)O)C(=O)N[C@H](C(=O)NCC(=O)N[C@H](C(=O)NCC(=O)O)C(C)C)[C@@H](C)O. The number of nitrogens with one attached hydrogen (secondary N) is 13. The number of nitrogens with zero attached hydrogens (tertiary/aromatic N) is 1. The van der Waals surface area contributed by atoms with Crippen molar-refractivity contribution in [3.05, 3.63) is 35.9 Å². The van der Waals surface area contributed by atoms with Gasteiger partial charge in [-0.25, -0.2) is 0 Å². The number of hydrogen-bond acceptors (Lipinski definition) is 26.